The molecule has 0 unspecified atom stereocenters. The molecule has 0 bridgehead atoms. The number of para-hydroxylation sites is 2. The van der Waals surface area contributed by atoms with Gasteiger partial charge in [-0.2, -0.15) is 0 Å². The molecule has 0 N–H and O–H groups in total. The Hall–Kier alpha value is -2.55. The summed E-state index contributed by atoms with van der Waals surface area (Å²) in [6, 6.07) is 12.2. The van der Waals surface area contributed by atoms with E-state index in [4.69, 9.17) is 9.98 Å². The number of aryl methyl sites for hydroxylation is 4. The van der Waals surface area contributed by atoms with Crippen LogP contribution in [0.15, 0.2) is 46.4 Å². The van der Waals surface area contributed by atoms with Crippen molar-refractivity contribution in [3.8, 4) is 0 Å². The van der Waals surface area contributed by atoms with Gasteiger partial charge in [-0.3, -0.25) is 9.79 Å². The fourth-order valence-electron chi connectivity index (χ4n) is 2.97. The average molecular weight is 348 g/mol. The molecule has 0 heterocycles. The van der Waals surface area contributed by atoms with Crippen molar-refractivity contribution in [1.82, 2.24) is 0 Å². The van der Waals surface area contributed by atoms with Gasteiger partial charge in [0, 0.05) is 6.42 Å². The number of rotatable bonds is 6. The molecular weight excluding hydrogens is 320 g/mol. The summed E-state index contributed by atoms with van der Waals surface area (Å²) < 4.78 is 0. The van der Waals surface area contributed by atoms with Gasteiger partial charge in [0.25, 0.3) is 0 Å². The zero-order valence-electron chi connectivity index (χ0n) is 16.7. The number of nitrogens with zero attached hydrogens (tertiary/aromatic N) is 2. The first-order chi connectivity index (χ1) is 12.4. The van der Waals surface area contributed by atoms with Crippen molar-refractivity contribution in [2.45, 2.75) is 54.4 Å². The predicted octanol–water partition coefficient (Wildman–Crippen LogP) is 6.15. The van der Waals surface area contributed by atoms with Gasteiger partial charge in [-0.1, -0.05) is 50.2 Å². The lowest BCUT2D eigenvalue weighted by Crippen LogP contribution is -2.23. The molecule has 0 amide bonds. The summed E-state index contributed by atoms with van der Waals surface area (Å²) in [6.45, 7) is 12.0. The molecule has 136 valence electrons. The van der Waals surface area contributed by atoms with Crippen LogP contribution in [-0.2, 0) is 4.79 Å². The van der Waals surface area contributed by atoms with Crippen molar-refractivity contribution >= 4 is 28.6 Å². The maximum atomic E-state index is 12.7. The minimum Gasteiger partial charge on any atom is -0.292 e. The SMILES string of the molecule is CCC(=O)C(=Nc1c(C)cccc1C)C(CC)=Nc1c(C)cccc1C. The molecule has 0 fully saturated rings. The number of hydrogen-bond acceptors (Lipinski definition) is 3. The summed E-state index contributed by atoms with van der Waals surface area (Å²) in [5.41, 5.74) is 7.36. The fraction of sp³-hybridized carbons (Fsp3) is 0.348. The lowest BCUT2D eigenvalue weighted by molar-refractivity contribution is -0.112. The van der Waals surface area contributed by atoms with Crippen LogP contribution in [0.4, 0.5) is 11.4 Å². The minimum atomic E-state index is 0.0273. The molecule has 0 aliphatic heterocycles. The Labute approximate surface area is 156 Å². The standard InChI is InChI=1S/C23H28N2O/c1-7-19(24-21-15(3)11-9-12-16(21)4)23(20(26)8-2)25-22-17(5)13-10-14-18(22)6/h9-14H,7-8H2,1-6H3. The molecular formula is C23H28N2O. The largest absolute Gasteiger partial charge is 0.292 e. The summed E-state index contributed by atoms with van der Waals surface area (Å²) in [7, 11) is 0. The third kappa shape index (κ3) is 4.34. The van der Waals surface area contributed by atoms with E-state index in [1.165, 1.54) is 0 Å². The van der Waals surface area contributed by atoms with E-state index in [2.05, 4.69) is 0 Å². The molecule has 26 heavy (non-hydrogen) atoms. The highest BCUT2D eigenvalue weighted by Crippen LogP contribution is 2.26. The van der Waals surface area contributed by atoms with E-state index in [1.807, 2.05) is 77.9 Å². The predicted molar refractivity (Wildman–Crippen MR) is 112 cm³/mol. The molecule has 0 radical (unpaired) electrons. The Kier molecular flexibility index (Phi) is 6.62. The van der Waals surface area contributed by atoms with Crippen LogP contribution >= 0.6 is 0 Å². The number of Topliss-reactive ketones (excluding diaryl/α,β-unsaturated/α-hetero) is 1. The van der Waals surface area contributed by atoms with Gasteiger partial charge in [-0.25, -0.2) is 4.99 Å². The zero-order valence-corrected chi connectivity index (χ0v) is 16.7. The lowest BCUT2D eigenvalue weighted by atomic mass is 10.0. The van der Waals surface area contributed by atoms with Gasteiger partial charge in [0.2, 0.25) is 0 Å². The van der Waals surface area contributed by atoms with Crippen LogP contribution in [0.2, 0.25) is 0 Å². The van der Waals surface area contributed by atoms with Gasteiger partial charge in [0.05, 0.1) is 17.1 Å². The van der Waals surface area contributed by atoms with Crippen LogP contribution in [0.1, 0.15) is 48.9 Å². The second-order valence-electron chi connectivity index (χ2n) is 6.63. The summed E-state index contributed by atoms with van der Waals surface area (Å²) in [5.74, 6) is 0.0273. The highest BCUT2D eigenvalue weighted by molar-refractivity contribution is 6.67. The summed E-state index contributed by atoms with van der Waals surface area (Å²) in [5, 5.41) is 0. The maximum absolute atomic E-state index is 12.7. The second kappa shape index (κ2) is 8.70. The number of ketones is 1. The molecule has 0 saturated carbocycles. The average Bonchev–Trinajstić information content (AvgIpc) is 2.61. The number of aliphatic imine (C=N–C) groups is 2. The molecule has 2 aromatic carbocycles. The topological polar surface area (TPSA) is 41.8 Å². The van der Waals surface area contributed by atoms with E-state index in [1.54, 1.807) is 0 Å². The summed E-state index contributed by atoms with van der Waals surface area (Å²) in [6.07, 6.45) is 1.07. The van der Waals surface area contributed by atoms with Gasteiger partial charge in [-0.15, -0.1) is 0 Å². The number of carbonyl (C=O) groups is 1. The maximum Gasteiger partial charge on any atom is 0.182 e. The highest BCUT2D eigenvalue weighted by Gasteiger charge is 2.17. The fourth-order valence-corrected chi connectivity index (χ4v) is 2.97. The number of benzene rings is 2. The number of hydrogen-bond donors (Lipinski definition) is 0. The third-order valence-electron chi connectivity index (χ3n) is 4.54. The monoisotopic (exact) mass is 348 g/mol. The second-order valence-corrected chi connectivity index (χ2v) is 6.63. The number of carbonyl (C=O) groups excluding carboxylic acids is 1. The van der Waals surface area contributed by atoms with Crippen molar-refractivity contribution in [2.24, 2.45) is 9.98 Å². The molecule has 0 aliphatic rings. The first-order valence-electron chi connectivity index (χ1n) is 9.21. The van der Waals surface area contributed by atoms with Crippen molar-refractivity contribution in [3.05, 3.63) is 58.7 Å². The van der Waals surface area contributed by atoms with Gasteiger partial charge in [-0.05, 0) is 56.4 Å². The first-order valence-corrected chi connectivity index (χ1v) is 9.21. The quantitative estimate of drug-likeness (QED) is 0.577. The van der Waals surface area contributed by atoms with E-state index >= 15 is 0 Å². The minimum absolute atomic E-state index is 0.0273. The molecule has 0 atom stereocenters. The molecule has 0 saturated heterocycles. The van der Waals surface area contributed by atoms with Crippen LogP contribution in [0.5, 0.6) is 0 Å². The van der Waals surface area contributed by atoms with Crippen molar-refractivity contribution < 1.29 is 4.79 Å². The molecule has 0 aliphatic carbocycles. The molecule has 2 aromatic rings. The molecule has 3 heteroatoms. The van der Waals surface area contributed by atoms with E-state index in [-0.39, 0.29) is 5.78 Å². The Morgan fingerprint density at radius 1 is 0.731 bits per heavy atom. The van der Waals surface area contributed by atoms with Crippen LogP contribution in [-0.4, -0.2) is 17.2 Å². The summed E-state index contributed by atoms with van der Waals surface area (Å²) >= 11 is 0. The lowest BCUT2D eigenvalue weighted by Gasteiger charge is -2.12. The normalized spacial score (nSPS) is 12.4. The molecule has 2 rings (SSSR count). The van der Waals surface area contributed by atoms with Gasteiger partial charge in [0.15, 0.2) is 5.78 Å². The smallest absolute Gasteiger partial charge is 0.182 e. The molecule has 0 spiro atoms. The van der Waals surface area contributed by atoms with Crippen molar-refractivity contribution in [3.63, 3.8) is 0 Å². The van der Waals surface area contributed by atoms with Crippen LogP contribution < -0.4 is 0 Å². The van der Waals surface area contributed by atoms with Gasteiger partial charge < -0.3 is 0 Å². The Morgan fingerprint density at radius 3 is 1.54 bits per heavy atom. The van der Waals surface area contributed by atoms with E-state index in [0.717, 1.165) is 39.3 Å². The molecule has 0 aromatic heterocycles. The third-order valence-corrected chi connectivity index (χ3v) is 4.54. The Bertz CT molecular complexity index is 835. The van der Waals surface area contributed by atoms with Gasteiger partial charge in [0.1, 0.15) is 5.71 Å². The van der Waals surface area contributed by atoms with Crippen LogP contribution in [0, 0.1) is 27.7 Å². The highest BCUT2D eigenvalue weighted by atomic mass is 16.1. The van der Waals surface area contributed by atoms with E-state index in [9.17, 15) is 4.79 Å². The first kappa shape index (κ1) is 19.8. The zero-order chi connectivity index (χ0) is 19.3. The Balaban J connectivity index is 2.67. The Morgan fingerprint density at radius 2 is 1.15 bits per heavy atom. The van der Waals surface area contributed by atoms with E-state index in [0.29, 0.717) is 18.6 Å². The van der Waals surface area contributed by atoms with Gasteiger partial charge >= 0.3 is 0 Å². The van der Waals surface area contributed by atoms with Crippen molar-refractivity contribution in [2.75, 3.05) is 0 Å². The van der Waals surface area contributed by atoms with Crippen LogP contribution in [0.3, 0.4) is 0 Å². The van der Waals surface area contributed by atoms with E-state index < -0.39 is 0 Å². The van der Waals surface area contributed by atoms with Crippen molar-refractivity contribution in [1.29, 1.82) is 0 Å². The summed E-state index contributed by atoms with van der Waals surface area (Å²) in [4.78, 5) is 22.3. The van der Waals surface area contributed by atoms with Crippen LogP contribution in [0.25, 0.3) is 0 Å². The molecule has 3 nitrogen and oxygen atoms in total.